The fourth-order valence-corrected chi connectivity index (χ4v) is 2.58. The number of nitrogens with zero attached hydrogens (tertiary/aromatic N) is 1. The molecule has 2 aliphatic heterocycles. The predicted octanol–water partition coefficient (Wildman–Crippen LogP) is 0.318. The van der Waals surface area contributed by atoms with Gasteiger partial charge >= 0.3 is 0 Å². The Morgan fingerprint density at radius 1 is 1.09 bits per heavy atom. The van der Waals surface area contributed by atoms with E-state index in [1.165, 1.54) is 0 Å². The van der Waals surface area contributed by atoms with Crippen molar-refractivity contribution in [2.75, 3.05) is 64.5 Å². The summed E-state index contributed by atoms with van der Waals surface area (Å²) >= 11 is 0. The largest absolute Gasteiger partial charge is 0.486 e. The number of carbonyl (C=O) groups is 1. The molecule has 7 heteroatoms. The molecule has 7 nitrogen and oxygen atoms in total. The number of ether oxygens (including phenoxy) is 3. The van der Waals surface area contributed by atoms with Gasteiger partial charge in [-0.2, -0.15) is 0 Å². The van der Waals surface area contributed by atoms with Gasteiger partial charge < -0.3 is 24.8 Å². The third kappa shape index (κ3) is 4.74. The van der Waals surface area contributed by atoms with Crippen LogP contribution in [0.1, 0.15) is 0 Å². The van der Waals surface area contributed by atoms with Gasteiger partial charge in [-0.3, -0.25) is 9.69 Å². The first-order valence-electron chi connectivity index (χ1n) is 8.01. The number of nitrogens with one attached hydrogen (secondary N) is 2. The van der Waals surface area contributed by atoms with Crippen LogP contribution < -0.4 is 20.1 Å². The predicted molar refractivity (Wildman–Crippen MR) is 86.2 cm³/mol. The summed E-state index contributed by atoms with van der Waals surface area (Å²) in [6.45, 7) is 6.31. The highest BCUT2D eigenvalue weighted by atomic mass is 16.6. The average Bonchev–Trinajstić information content (AvgIpc) is 2.61. The monoisotopic (exact) mass is 321 g/mol. The Balaban J connectivity index is 1.37. The van der Waals surface area contributed by atoms with Crippen molar-refractivity contribution in [3.63, 3.8) is 0 Å². The molecule has 23 heavy (non-hydrogen) atoms. The molecule has 3 rings (SSSR count). The van der Waals surface area contributed by atoms with E-state index in [0.717, 1.165) is 44.3 Å². The van der Waals surface area contributed by atoms with Gasteiger partial charge in [0.2, 0.25) is 5.91 Å². The van der Waals surface area contributed by atoms with Gasteiger partial charge in [0, 0.05) is 37.9 Å². The molecule has 0 aromatic heterocycles. The zero-order valence-electron chi connectivity index (χ0n) is 13.2. The molecule has 0 atom stereocenters. The minimum atomic E-state index is -0.0202. The van der Waals surface area contributed by atoms with Crippen LogP contribution in [0.5, 0.6) is 11.5 Å². The SMILES string of the molecule is O=C(CNc1ccc2c(c1)OCCO2)NCCN1CCOCC1. The van der Waals surface area contributed by atoms with Gasteiger partial charge in [0.05, 0.1) is 19.8 Å². The van der Waals surface area contributed by atoms with E-state index in [-0.39, 0.29) is 12.5 Å². The molecule has 2 N–H and O–H groups in total. The molecule has 1 fully saturated rings. The maximum absolute atomic E-state index is 11.9. The minimum absolute atomic E-state index is 0.0202. The van der Waals surface area contributed by atoms with E-state index in [1.807, 2.05) is 18.2 Å². The average molecular weight is 321 g/mol. The molecule has 0 bridgehead atoms. The number of hydrogen-bond donors (Lipinski definition) is 2. The number of amides is 1. The van der Waals surface area contributed by atoms with Crippen molar-refractivity contribution in [3.8, 4) is 11.5 Å². The zero-order valence-corrected chi connectivity index (χ0v) is 13.2. The van der Waals surface area contributed by atoms with Crippen molar-refractivity contribution in [1.82, 2.24) is 10.2 Å². The minimum Gasteiger partial charge on any atom is -0.486 e. The number of fused-ring (bicyclic) bond motifs is 1. The molecule has 0 spiro atoms. The number of benzene rings is 1. The Morgan fingerprint density at radius 2 is 1.87 bits per heavy atom. The lowest BCUT2D eigenvalue weighted by Crippen LogP contribution is -2.42. The number of carbonyl (C=O) groups excluding carboxylic acids is 1. The summed E-state index contributed by atoms with van der Waals surface area (Å²) in [5, 5.41) is 6.02. The number of rotatable bonds is 6. The topological polar surface area (TPSA) is 72.1 Å². The smallest absolute Gasteiger partial charge is 0.239 e. The van der Waals surface area contributed by atoms with E-state index in [9.17, 15) is 4.79 Å². The molecule has 1 saturated heterocycles. The van der Waals surface area contributed by atoms with E-state index in [4.69, 9.17) is 14.2 Å². The maximum Gasteiger partial charge on any atom is 0.239 e. The van der Waals surface area contributed by atoms with Gasteiger partial charge in [0.15, 0.2) is 11.5 Å². The number of morpholine rings is 1. The van der Waals surface area contributed by atoms with Crippen LogP contribution in [-0.2, 0) is 9.53 Å². The Hall–Kier alpha value is -1.99. The van der Waals surface area contributed by atoms with Crippen molar-refractivity contribution < 1.29 is 19.0 Å². The van der Waals surface area contributed by atoms with Crippen LogP contribution in [0.3, 0.4) is 0 Å². The highest BCUT2D eigenvalue weighted by molar-refractivity contribution is 5.80. The van der Waals surface area contributed by atoms with Gasteiger partial charge in [0.1, 0.15) is 13.2 Å². The van der Waals surface area contributed by atoms with Crippen LogP contribution >= 0.6 is 0 Å². The molecule has 2 heterocycles. The molecule has 1 aromatic carbocycles. The highest BCUT2D eigenvalue weighted by Crippen LogP contribution is 2.32. The summed E-state index contributed by atoms with van der Waals surface area (Å²) in [5.74, 6) is 1.44. The first kappa shape index (κ1) is 15.9. The third-order valence-corrected chi connectivity index (χ3v) is 3.85. The van der Waals surface area contributed by atoms with Gasteiger partial charge in [-0.15, -0.1) is 0 Å². The molecule has 1 amide bonds. The van der Waals surface area contributed by atoms with Crippen molar-refractivity contribution >= 4 is 11.6 Å². The Morgan fingerprint density at radius 3 is 2.70 bits per heavy atom. The first-order valence-corrected chi connectivity index (χ1v) is 8.01. The van der Waals surface area contributed by atoms with Crippen LogP contribution in [0.15, 0.2) is 18.2 Å². The van der Waals surface area contributed by atoms with Gasteiger partial charge in [-0.25, -0.2) is 0 Å². The standard InChI is InChI=1S/C16H23N3O4/c20-16(17-3-4-19-5-7-21-8-6-19)12-18-13-1-2-14-15(11-13)23-10-9-22-14/h1-2,11,18H,3-10,12H2,(H,17,20). The molecule has 1 aromatic rings. The van der Waals surface area contributed by atoms with Gasteiger partial charge in [-0.05, 0) is 12.1 Å². The van der Waals surface area contributed by atoms with E-state index in [1.54, 1.807) is 0 Å². The van der Waals surface area contributed by atoms with Crippen molar-refractivity contribution in [2.24, 2.45) is 0 Å². The summed E-state index contributed by atoms with van der Waals surface area (Å²) in [6.07, 6.45) is 0. The summed E-state index contributed by atoms with van der Waals surface area (Å²) in [5.41, 5.74) is 0.845. The van der Waals surface area contributed by atoms with Gasteiger partial charge in [-0.1, -0.05) is 0 Å². The van der Waals surface area contributed by atoms with Crippen molar-refractivity contribution in [3.05, 3.63) is 18.2 Å². The first-order chi connectivity index (χ1) is 11.3. The van der Waals surface area contributed by atoms with E-state index in [2.05, 4.69) is 15.5 Å². The fourth-order valence-electron chi connectivity index (χ4n) is 2.58. The molecule has 0 unspecified atom stereocenters. The second-order valence-corrected chi connectivity index (χ2v) is 5.52. The maximum atomic E-state index is 11.9. The molecule has 0 saturated carbocycles. The summed E-state index contributed by atoms with van der Waals surface area (Å²) in [7, 11) is 0. The molecule has 2 aliphatic rings. The number of hydrogen-bond acceptors (Lipinski definition) is 6. The number of anilines is 1. The lowest BCUT2D eigenvalue weighted by atomic mass is 10.2. The van der Waals surface area contributed by atoms with Crippen molar-refractivity contribution in [2.45, 2.75) is 0 Å². The lowest BCUT2D eigenvalue weighted by molar-refractivity contribution is -0.119. The Kier molecular flexibility index (Phi) is 5.55. The highest BCUT2D eigenvalue weighted by Gasteiger charge is 2.12. The van der Waals surface area contributed by atoms with E-state index >= 15 is 0 Å². The van der Waals surface area contributed by atoms with E-state index < -0.39 is 0 Å². The summed E-state index contributed by atoms with van der Waals surface area (Å²) in [4.78, 5) is 14.2. The van der Waals surface area contributed by atoms with Gasteiger partial charge in [0.25, 0.3) is 0 Å². The van der Waals surface area contributed by atoms with E-state index in [0.29, 0.717) is 25.5 Å². The molecule has 0 radical (unpaired) electrons. The second kappa shape index (κ2) is 8.03. The summed E-state index contributed by atoms with van der Waals surface area (Å²) < 4.78 is 16.3. The quantitative estimate of drug-likeness (QED) is 0.786. The van der Waals surface area contributed by atoms with Crippen molar-refractivity contribution in [1.29, 1.82) is 0 Å². The molecular formula is C16H23N3O4. The van der Waals surface area contributed by atoms with Crippen LogP contribution in [0.25, 0.3) is 0 Å². The Labute approximate surface area is 135 Å². The molecule has 126 valence electrons. The Bertz CT molecular complexity index is 532. The zero-order chi connectivity index (χ0) is 15.9. The van der Waals surface area contributed by atoms with Crippen LogP contribution in [0.2, 0.25) is 0 Å². The van der Waals surface area contributed by atoms with Crippen LogP contribution in [-0.4, -0.2) is 70.0 Å². The summed E-state index contributed by atoms with van der Waals surface area (Å²) in [6, 6.07) is 5.59. The fraction of sp³-hybridized carbons (Fsp3) is 0.562. The third-order valence-electron chi connectivity index (χ3n) is 3.85. The van der Waals surface area contributed by atoms with Crippen LogP contribution in [0.4, 0.5) is 5.69 Å². The molecular weight excluding hydrogens is 298 g/mol. The molecule has 0 aliphatic carbocycles. The van der Waals surface area contributed by atoms with Crippen LogP contribution in [0, 0.1) is 0 Å². The second-order valence-electron chi connectivity index (χ2n) is 5.52. The lowest BCUT2D eigenvalue weighted by Gasteiger charge is -2.26. The normalized spacial score (nSPS) is 17.6.